The zero-order valence-corrected chi connectivity index (χ0v) is 12.5. The number of amides is 1. The Balaban J connectivity index is 1.82. The van der Waals surface area contributed by atoms with Gasteiger partial charge in [0.05, 0.1) is 13.0 Å². The van der Waals surface area contributed by atoms with Crippen molar-refractivity contribution in [3.63, 3.8) is 0 Å². The summed E-state index contributed by atoms with van der Waals surface area (Å²) in [5.74, 6) is -0.406. The summed E-state index contributed by atoms with van der Waals surface area (Å²) in [6, 6.07) is 6.70. The van der Waals surface area contributed by atoms with Gasteiger partial charge in [-0.1, -0.05) is 22.0 Å². The van der Waals surface area contributed by atoms with Crippen LogP contribution in [-0.4, -0.2) is 41.1 Å². The van der Waals surface area contributed by atoms with E-state index in [-0.39, 0.29) is 18.9 Å². The minimum atomic E-state index is -0.927. The number of carboxylic acids is 1. The summed E-state index contributed by atoms with van der Waals surface area (Å²) in [6.07, 6.45) is 1.47. The van der Waals surface area contributed by atoms with Gasteiger partial charge in [0.25, 0.3) is 0 Å². The quantitative estimate of drug-likeness (QED) is 0.892. The Hall–Kier alpha value is -1.56. The molecule has 0 aliphatic carbocycles. The molecule has 1 amide bonds. The molecule has 0 radical (unpaired) electrons. The number of rotatable bonds is 5. The van der Waals surface area contributed by atoms with Crippen LogP contribution >= 0.6 is 15.9 Å². The minimum Gasteiger partial charge on any atom is -0.493 e. The van der Waals surface area contributed by atoms with E-state index in [2.05, 4.69) is 15.9 Å². The number of hydrogen-bond acceptors (Lipinski definition) is 3. The van der Waals surface area contributed by atoms with Crippen molar-refractivity contribution in [2.45, 2.75) is 25.3 Å². The van der Waals surface area contributed by atoms with E-state index in [0.29, 0.717) is 18.7 Å². The summed E-state index contributed by atoms with van der Waals surface area (Å²) >= 11 is 3.34. The Morgan fingerprint density at radius 2 is 2.25 bits per heavy atom. The van der Waals surface area contributed by atoms with Gasteiger partial charge < -0.3 is 14.7 Å². The second-order valence-electron chi connectivity index (χ2n) is 4.64. The van der Waals surface area contributed by atoms with E-state index >= 15 is 0 Å². The zero-order valence-electron chi connectivity index (χ0n) is 10.9. The average molecular weight is 342 g/mol. The Labute approximate surface area is 125 Å². The number of carbonyl (C=O) groups is 2. The predicted molar refractivity (Wildman–Crippen MR) is 76.6 cm³/mol. The van der Waals surface area contributed by atoms with Gasteiger partial charge in [0.15, 0.2) is 0 Å². The molecule has 20 heavy (non-hydrogen) atoms. The third kappa shape index (κ3) is 3.72. The van der Waals surface area contributed by atoms with Gasteiger partial charge in [-0.3, -0.25) is 4.79 Å². The number of nitrogens with zero attached hydrogens (tertiary/aromatic N) is 1. The topological polar surface area (TPSA) is 66.8 Å². The standard InChI is InChI=1S/C14H16BrNO4/c15-10-3-1-4-11(9-10)20-8-6-13(17)16-7-2-5-12(16)14(18)19/h1,3-4,9,12H,2,5-8H2,(H,18,19)/t12-/m0/s1. The fourth-order valence-electron chi connectivity index (χ4n) is 2.28. The monoisotopic (exact) mass is 341 g/mol. The largest absolute Gasteiger partial charge is 0.493 e. The molecule has 1 aliphatic rings. The van der Waals surface area contributed by atoms with Crippen LogP contribution < -0.4 is 4.74 Å². The van der Waals surface area contributed by atoms with E-state index < -0.39 is 12.0 Å². The van der Waals surface area contributed by atoms with Crippen molar-refractivity contribution in [2.24, 2.45) is 0 Å². The van der Waals surface area contributed by atoms with Crippen LogP contribution in [0.15, 0.2) is 28.7 Å². The molecule has 1 atom stereocenters. The Morgan fingerprint density at radius 3 is 2.95 bits per heavy atom. The van der Waals surface area contributed by atoms with Crippen LogP contribution in [0, 0.1) is 0 Å². The number of likely N-dealkylation sites (tertiary alicyclic amines) is 1. The third-order valence-electron chi connectivity index (χ3n) is 3.24. The molecule has 0 unspecified atom stereocenters. The van der Waals surface area contributed by atoms with Crippen LogP contribution in [0.3, 0.4) is 0 Å². The first kappa shape index (κ1) is 14.8. The Morgan fingerprint density at radius 1 is 1.45 bits per heavy atom. The summed E-state index contributed by atoms with van der Waals surface area (Å²) in [7, 11) is 0. The zero-order chi connectivity index (χ0) is 14.5. The van der Waals surface area contributed by atoms with Crippen molar-refractivity contribution in [1.29, 1.82) is 0 Å². The van der Waals surface area contributed by atoms with Crippen LogP contribution in [0.4, 0.5) is 0 Å². The van der Waals surface area contributed by atoms with Crippen molar-refractivity contribution in [2.75, 3.05) is 13.2 Å². The number of aliphatic carboxylic acids is 1. The highest BCUT2D eigenvalue weighted by Crippen LogP contribution is 2.20. The van der Waals surface area contributed by atoms with Gasteiger partial charge in [-0.25, -0.2) is 4.79 Å². The maximum Gasteiger partial charge on any atom is 0.326 e. The van der Waals surface area contributed by atoms with Crippen molar-refractivity contribution < 1.29 is 19.4 Å². The molecule has 1 aromatic carbocycles. The lowest BCUT2D eigenvalue weighted by Crippen LogP contribution is -2.40. The molecule has 1 saturated heterocycles. The molecular weight excluding hydrogens is 326 g/mol. The second kappa shape index (κ2) is 6.74. The summed E-state index contributed by atoms with van der Waals surface area (Å²) in [5, 5.41) is 9.04. The van der Waals surface area contributed by atoms with Crippen LogP contribution in [0.1, 0.15) is 19.3 Å². The van der Waals surface area contributed by atoms with Crippen LogP contribution in [0.2, 0.25) is 0 Å². The highest BCUT2D eigenvalue weighted by molar-refractivity contribution is 9.10. The molecule has 108 valence electrons. The van der Waals surface area contributed by atoms with Crippen LogP contribution in [0.5, 0.6) is 5.75 Å². The fourth-order valence-corrected chi connectivity index (χ4v) is 2.66. The predicted octanol–water partition coefficient (Wildman–Crippen LogP) is 2.29. The molecular formula is C14H16BrNO4. The number of halogens is 1. The molecule has 5 nitrogen and oxygen atoms in total. The maximum absolute atomic E-state index is 12.0. The van der Waals surface area contributed by atoms with Crippen LogP contribution in [-0.2, 0) is 9.59 Å². The number of ether oxygens (including phenoxy) is 1. The first-order valence-electron chi connectivity index (χ1n) is 6.48. The van der Waals surface area contributed by atoms with Gasteiger partial charge in [-0.15, -0.1) is 0 Å². The smallest absolute Gasteiger partial charge is 0.326 e. The molecule has 1 N–H and O–H groups in total. The van der Waals surface area contributed by atoms with Gasteiger partial charge in [0.2, 0.25) is 5.91 Å². The molecule has 0 aromatic heterocycles. The number of carboxylic acid groups (broad SMARTS) is 1. The van der Waals surface area contributed by atoms with Crippen molar-refractivity contribution in [3.8, 4) is 5.75 Å². The van der Waals surface area contributed by atoms with Crippen LogP contribution in [0.25, 0.3) is 0 Å². The van der Waals surface area contributed by atoms with E-state index in [4.69, 9.17) is 9.84 Å². The fraction of sp³-hybridized carbons (Fsp3) is 0.429. The number of hydrogen-bond donors (Lipinski definition) is 1. The highest BCUT2D eigenvalue weighted by atomic mass is 79.9. The molecule has 0 spiro atoms. The average Bonchev–Trinajstić information content (AvgIpc) is 2.88. The molecule has 2 rings (SSSR count). The summed E-state index contributed by atoms with van der Waals surface area (Å²) in [4.78, 5) is 24.4. The lowest BCUT2D eigenvalue weighted by molar-refractivity contribution is -0.148. The first-order chi connectivity index (χ1) is 9.58. The van der Waals surface area contributed by atoms with Gasteiger partial charge in [0.1, 0.15) is 11.8 Å². The van der Waals surface area contributed by atoms with Crippen molar-refractivity contribution >= 4 is 27.8 Å². The van der Waals surface area contributed by atoms with Crippen molar-refractivity contribution in [3.05, 3.63) is 28.7 Å². The van der Waals surface area contributed by atoms with Crippen molar-refractivity contribution in [1.82, 2.24) is 4.90 Å². The van der Waals surface area contributed by atoms with Gasteiger partial charge in [-0.05, 0) is 31.0 Å². The lowest BCUT2D eigenvalue weighted by atomic mass is 10.2. The molecule has 0 saturated carbocycles. The summed E-state index contributed by atoms with van der Waals surface area (Å²) in [5.41, 5.74) is 0. The number of carbonyl (C=O) groups excluding carboxylic acids is 1. The molecule has 1 heterocycles. The van der Waals surface area contributed by atoms with E-state index in [1.54, 1.807) is 0 Å². The number of benzene rings is 1. The lowest BCUT2D eigenvalue weighted by Gasteiger charge is -2.21. The van der Waals surface area contributed by atoms with E-state index in [9.17, 15) is 9.59 Å². The van der Waals surface area contributed by atoms with E-state index in [0.717, 1.165) is 10.9 Å². The van der Waals surface area contributed by atoms with Gasteiger partial charge in [-0.2, -0.15) is 0 Å². The molecule has 6 heteroatoms. The van der Waals surface area contributed by atoms with E-state index in [1.807, 2.05) is 24.3 Å². The highest BCUT2D eigenvalue weighted by Gasteiger charge is 2.33. The normalized spacial score (nSPS) is 18.1. The van der Waals surface area contributed by atoms with Gasteiger partial charge in [0, 0.05) is 11.0 Å². The Bertz CT molecular complexity index is 506. The SMILES string of the molecule is O=C(O)[C@@H]1CCCN1C(=O)CCOc1cccc(Br)c1. The first-order valence-corrected chi connectivity index (χ1v) is 7.28. The minimum absolute atomic E-state index is 0.162. The molecule has 1 fully saturated rings. The maximum atomic E-state index is 12.0. The Kier molecular flexibility index (Phi) is 5.00. The molecule has 0 bridgehead atoms. The second-order valence-corrected chi connectivity index (χ2v) is 5.55. The summed E-state index contributed by atoms with van der Waals surface area (Å²) < 4.78 is 6.40. The molecule has 1 aromatic rings. The van der Waals surface area contributed by atoms with Gasteiger partial charge >= 0.3 is 5.97 Å². The molecule has 1 aliphatic heterocycles. The summed E-state index contributed by atoms with van der Waals surface area (Å²) in [6.45, 7) is 0.769. The van der Waals surface area contributed by atoms with E-state index in [1.165, 1.54) is 4.90 Å². The third-order valence-corrected chi connectivity index (χ3v) is 3.73.